The quantitative estimate of drug-likeness (QED) is 0.289. The summed E-state index contributed by atoms with van der Waals surface area (Å²) in [5, 5.41) is 10.0. The van der Waals surface area contributed by atoms with Crippen LogP contribution in [-0.4, -0.2) is 36.6 Å². The third kappa shape index (κ3) is 8.66. The second kappa shape index (κ2) is 14.4. The molecule has 0 radical (unpaired) electrons. The topological polar surface area (TPSA) is 40.5 Å². The van der Waals surface area contributed by atoms with E-state index in [-0.39, 0.29) is 10.6 Å². The predicted octanol–water partition coefficient (Wildman–Crippen LogP) is 8.29. The first-order valence-corrected chi connectivity index (χ1v) is 13.1. The lowest BCUT2D eigenvalue weighted by molar-refractivity contribution is 0.0697. The van der Waals surface area contributed by atoms with E-state index in [9.17, 15) is 4.79 Å². The zero-order valence-electron chi connectivity index (χ0n) is 20.2. The number of rotatable bonds is 9. The molecule has 0 saturated carbocycles. The minimum Gasteiger partial charge on any atom is -0.478 e. The third-order valence-electron chi connectivity index (χ3n) is 5.38. The van der Waals surface area contributed by atoms with Gasteiger partial charge in [-0.1, -0.05) is 79.5 Å². The van der Waals surface area contributed by atoms with Crippen LogP contribution in [0.25, 0.3) is 0 Å². The first kappa shape index (κ1) is 28.3. The number of nitrogens with zero attached hydrogens (tertiary/aromatic N) is 1. The van der Waals surface area contributed by atoms with E-state index < -0.39 is 5.97 Å². The van der Waals surface area contributed by atoms with E-state index in [1.54, 1.807) is 18.2 Å². The summed E-state index contributed by atoms with van der Waals surface area (Å²) in [6, 6.07) is 21.5. The number of benzene rings is 3. The summed E-state index contributed by atoms with van der Waals surface area (Å²) < 4.78 is 0. The molecular weight excluding hydrogens is 485 g/mol. The van der Waals surface area contributed by atoms with Gasteiger partial charge in [0.15, 0.2) is 0 Å². The van der Waals surface area contributed by atoms with Crippen LogP contribution < -0.4 is 0 Å². The summed E-state index contributed by atoms with van der Waals surface area (Å²) in [6.07, 6.45) is 3.24. The van der Waals surface area contributed by atoms with Crippen molar-refractivity contribution in [2.45, 2.75) is 43.3 Å². The second-order valence-corrected chi connectivity index (χ2v) is 10.2. The smallest absolute Gasteiger partial charge is 0.337 e. The zero-order valence-corrected chi connectivity index (χ0v) is 22.6. The minimum absolute atomic E-state index is 0.143. The van der Waals surface area contributed by atoms with Crippen LogP contribution in [0.1, 0.15) is 52.6 Å². The Morgan fingerprint density at radius 2 is 1.59 bits per heavy atom. The molecule has 0 aliphatic rings. The maximum Gasteiger partial charge on any atom is 0.337 e. The number of carboxylic acids is 1. The molecule has 0 fully saturated rings. The van der Waals surface area contributed by atoms with Gasteiger partial charge >= 0.3 is 5.97 Å². The van der Waals surface area contributed by atoms with Crippen LogP contribution in [-0.2, 0) is 12.8 Å². The molecule has 1 N–H and O–H groups in total. The maximum atomic E-state index is 10.3. The van der Waals surface area contributed by atoms with Crippen molar-refractivity contribution < 1.29 is 9.90 Å². The fraction of sp³-hybridized carbons (Fsp3) is 0.321. The summed E-state index contributed by atoms with van der Waals surface area (Å²) in [5.74, 6) is -0.995. The second-order valence-electron chi connectivity index (χ2n) is 8.15. The van der Waals surface area contributed by atoms with Gasteiger partial charge in [0.25, 0.3) is 0 Å². The molecule has 1 unspecified atom stereocenters. The summed E-state index contributed by atoms with van der Waals surface area (Å²) in [4.78, 5) is 14.0. The van der Waals surface area contributed by atoms with E-state index >= 15 is 0 Å². The molecule has 0 saturated heterocycles. The van der Waals surface area contributed by atoms with E-state index in [1.165, 1.54) is 27.7 Å². The highest BCUT2D eigenvalue weighted by Crippen LogP contribution is 2.42. The number of carbonyl (C=O) groups is 1. The molecule has 3 aromatic rings. The standard InChI is InChI=1S/C21H28ClNS.C7H5ClO2/c1-5-16-11-12-20(17(6-2)15-16)24-21(13-14-23(3)4)18-9-7-8-10-19(18)22;8-6-4-2-1-3-5(6)7(9)10/h7-12,15,21H,5-6,13-14H2,1-4H3;1-4H,(H,9,10). The number of carboxylic acid groups (broad SMARTS) is 1. The minimum atomic E-state index is -0.995. The summed E-state index contributed by atoms with van der Waals surface area (Å²) in [6.45, 7) is 5.51. The number of hydrogen-bond acceptors (Lipinski definition) is 3. The van der Waals surface area contributed by atoms with Crippen molar-refractivity contribution in [2.75, 3.05) is 20.6 Å². The van der Waals surface area contributed by atoms with Crippen LogP contribution in [0.2, 0.25) is 10.0 Å². The van der Waals surface area contributed by atoms with Gasteiger partial charge in [-0.2, -0.15) is 0 Å². The van der Waals surface area contributed by atoms with Crippen molar-refractivity contribution in [2.24, 2.45) is 0 Å². The van der Waals surface area contributed by atoms with Gasteiger partial charge in [-0.05, 0) is 80.9 Å². The Morgan fingerprint density at radius 1 is 0.941 bits per heavy atom. The van der Waals surface area contributed by atoms with Gasteiger partial charge in [-0.25, -0.2) is 4.79 Å². The monoisotopic (exact) mass is 517 g/mol. The molecule has 3 rings (SSSR count). The lowest BCUT2D eigenvalue weighted by atomic mass is 10.1. The van der Waals surface area contributed by atoms with Crippen LogP contribution in [0.15, 0.2) is 71.6 Å². The van der Waals surface area contributed by atoms with Crippen LogP contribution in [0.3, 0.4) is 0 Å². The van der Waals surface area contributed by atoms with Gasteiger partial charge in [0.05, 0.1) is 10.6 Å². The Morgan fingerprint density at radius 3 is 2.12 bits per heavy atom. The van der Waals surface area contributed by atoms with E-state index in [1.807, 2.05) is 23.9 Å². The average Bonchev–Trinajstić information content (AvgIpc) is 2.82. The van der Waals surface area contributed by atoms with E-state index in [2.05, 4.69) is 63.2 Å². The average molecular weight is 519 g/mol. The predicted molar refractivity (Wildman–Crippen MR) is 147 cm³/mol. The first-order valence-electron chi connectivity index (χ1n) is 11.4. The molecule has 1 atom stereocenters. The van der Waals surface area contributed by atoms with Crippen molar-refractivity contribution in [1.29, 1.82) is 0 Å². The van der Waals surface area contributed by atoms with Gasteiger partial charge in [0.1, 0.15) is 0 Å². The molecule has 34 heavy (non-hydrogen) atoms. The Labute approximate surface area is 218 Å². The molecule has 3 nitrogen and oxygen atoms in total. The number of aryl methyl sites for hydroxylation is 2. The Kier molecular flexibility index (Phi) is 12.0. The summed E-state index contributed by atoms with van der Waals surface area (Å²) in [5.41, 5.74) is 4.25. The largest absolute Gasteiger partial charge is 0.478 e. The molecule has 0 aliphatic carbocycles. The Hall–Kier alpha value is -1.98. The molecule has 6 heteroatoms. The van der Waals surface area contributed by atoms with Crippen LogP contribution in [0.5, 0.6) is 0 Å². The van der Waals surface area contributed by atoms with Crippen molar-refractivity contribution in [3.8, 4) is 0 Å². The molecule has 0 bridgehead atoms. The van der Waals surface area contributed by atoms with Crippen molar-refractivity contribution in [3.05, 3.63) is 99.0 Å². The lowest BCUT2D eigenvalue weighted by Gasteiger charge is -2.22. The molecule has 182 valence electrons. The molecule has 0 amide bonds. The summed E-state index contributed by atoms with van der Waals surface area (Å²) >= 11 is 14.0. The van der Waals surface area contributed by atoms with E-state index in [4.69, 9.17) is 28.3 Å². The Balaban J connectivity index is 0.000000340. The maximum absolute atomic E-state index is 10.3. The van der Waals surface area contributed by atoms with Gasteiger partial charge < -0.3 is 10.0 Å². The normalized spacial score (nSPS) is 11.6. The third-order valence-corrected chi connectivity index (χ3v) is 7.48. The summed E-state index contributed by atoms with van der Waals surface area (Å²) in [7, 11) is 4.25. The highest BCUT2D eigenvalue weighted by molar-refractivity contribution is 7.99. The molecule has 0 aromatic heterocycles. The fourth-order valence-corrected chi connectivity index (χ4v) is 5.33. The lowest BCUT2D eigenvalue weighted by Crippen LogP contribution is -2.15. The van der Waals surface area contributed by atoms with Crippen molar-refractivity contribution in [3.63, 3.8) is 0 Å². The van der Waals surface area contributed by atoms with Crippen LogP contribution >= 0.6 is 35.0 Å². The van der Waals surface area contributed by atoms with Crippen molar-refractivity contribution in [1.82, 2.24) is 4.90 Å². The molecular formula is C28H33Cl2NO2S. The van der Waals surface area contributed by atoms with Gasteiger partial charge in [-0.3, -0.25) is 0 Å². The molecule has 0 heterocycles. The number of halogens is 2. The highest BCUT2D eigenvalue weighted by Gasteiger charge is 2.18. The Bertz CT molecular complexity index is 1070. The number of aromatic carboxylic acids is 1. The SMILES string of the molecule is CCc1ccc(SC(CCN(C)C)c2ccccc2Cl)c(CC)c1.O=C(O)c1ccccc1Cl. The van der Waals surface area contributed by atoms with Crippen LogP contribution in [0, 0.1) is 0 Å². The fourth-order valence-electron chi connectivity index (χ4n) is 3.42. The van der Waals surface area contributed by atoms with E-state index in [0.717, 1.165) is 30.8 Å². The zero-order chi connectivity index (χ0) is 25.1. The number of thioether (sulfide) groups is 1. The van der Waals surface area contributed by atoms with Gasteiger partial charge in [0, 0.05) is 15.2 Å². The molecule has 0 aliphatic heterocycles. The van der Waals surface area contributed by atoms with Gasteiger partial charge in [-0.15, -0.1) is 11.8 Å². The highest BCUT2D eigenvalue weighted by atomic mass is 35.5. The first-order chi connectivity index (χ1) is 16.3. The van der Waals surface area contributed by atoms with Crippen LogP contribution in [0.4, 0.5) is 0 Å². The van der Waals surface area contributed by atoms with E-state index in [0.29, 0.717) is 5.25 Å². The van der Waals surface area contributed by atoms with Crippen molar-refractivity contribution >= 4 is 40.9 Å². The number of hydrogen-bond donors (Lipinski definition) is 1. The molecule has 0 spiro atoms. The van der Waals surface area contributed by atoms with Gasteiger partial charge in [0.2, 0.25) is 0 Å². The molecule has 3 aromatic carbocycles.